The van der Waals surface area contributed by atoms with Gasteiger partial charge in [0.05, 0.1) is 18.0 Å². The molecule has 28 heavy (non-hydrogen) atoms. The van der Waals surface area contributed by atoms with Crippen LogP contribution < -0.4 is 14.8 Å². The van der Waals surface area contributed by atoms with Crippen molar-refractivity contribution in [3.63, 3.8) is 0 Å². The second-order valence-electron chi connectivity index (χ2n) is 6.20. The van der Waals surface area contributed by atoms with Crippen LogP contribution in [0.5, 0.6) is 11.5 Å². The summed E-state index contributed by atoms with van der Waals surface area (Å²) in [5, 5.41) is 8.86. The van der Waals surface area contributed by atoms with Crippen LogP contribution in [-0.2, 0) is 11.3 Å². The lowest BCUT2D eigenvalue weighted by molar-refractivity contribution is -0.117. The number of aromatic nitrogens is 2. The van der Waals surface area contributed by atoms with Crippen LogP contribution in [0.1, 0.15) is 12.8 Å². The van der Waals surface area contributed by atoms with Gasteiger partial charge in [-0.05, 0) is 30.1 Å². The van der Waals surface area contributed by atoms with Gasteiger partial charge in [0, 0.05) is 11.8 Å². The van der Waals surface area contributed by atoms with Crippen molar-refractivity contribution in [1.82, 2.24) is 15.0 Å². The molecule has 146 valence electrons. The Bertz CT molecular complexity index is 941. The standard InChI is InChI=1S/C19H20N4O4S/c1-2-23(12-18-21-19(22-27-18)16-4-3-9-28-16)11-17(24)20-13-5-6-14-15(10-13)26-8-7-25-14/h3-6,9-10H,2,7-8,11-12H2,1H3,(H,20,24). The summed E-state index contributed by atoms with van der Waals surface area (Å²) in [5.41, 5.74) is 0.670. The van der Waals surface area contributed by atoms with E-state index in [0.29, 0.717) is 55.2 Å². The molecule has 1 amide bonds. The molecule has 0 spiro atoms. The van der Waals surface area contributed by atoms with E-state index in [4.69, 9.17) is 14.0 Å². The van der Waals surface area contributed by atoms with E-state index in [2.05, 4.69) is 15.5 Å². The molecule has 1 aromatic carbocycles. The Kier molecular flexibility index (Phi) is 5.54. The summed E-state index contributed by atoms with van der Waals surface area (Å²) in [4.78, 5) is 19.7. The van der Waals surface area contributed by atoms with Crippen molar-refractivity contribution in [2.45, 2.75) is 13.5 Å². The van der Waals surface area contributed by atoms with Crippen LogP contribution in [0.3, 0.4) is 0 Å². The Balaban J connectivity index is 1.35. The van der Waals surface area contributed by atoms with E-state index >= 15 is 0 Å². The first-order chi connectivity index (χ1) is 13.7. The molecule has 8 nitrogen and oxygen atoms in total. The molecule has 0 aliphatic carbocycles. The van der Waals surface area contributed by atoms with Gasteiger partial charge >= 0.3 is 0 Å². The van der Waals surface area contributed by atoms with E-state index in [0.717, 1.165) is 4.88 Å². The van der Waals surface area contributed by atoms with Gasteiger partial charge in [-0.15, -0.1) is 11.3 Å². The van der Waals surface area contributed by atoms with E-state index in [1.54, 1.807) is 29.5 Å². The maximum Gasteiger partial charge on any atom is 0.241 e. The number of nitrogens with one attached hydrogen (secondary N) is 1. The molecule has 0 unspecified atom stereocenters. The Hall–Kier alpha value is -2.91. The number of likely N-dealkylation sites (N-methyl/N-ethyl adjacent to an activating group) is 1. The zero-order chi connectivity index (χ0) is 19.3. The van der Waals surface area contributed by atoms with Crippen molar-refractivity contribution in [2.24, 2.45) is 0 Å². The van der Waals surface area contributed by atoms with Crippen molar-refractivity contribution in [3.05, 3.63) is 41.6 Å². The van der Waals surface area contributed by atoms with Gasteiger partial charge in [0.2, 0.25) is 17.6 Å². The molecule has 4 rings (SSSR count). The minimum absolute atomic E-state index is 0.128. The molecule has 0 bridgehead atoms. The van der Waals surface area contributed by atoms with Gasteiger partial charge in [-0.1, -0.05) is 18.1 Å². The summed E-state index contributed by atoms with van der Waals surface area (Å²) in [5.74, 6) is 2.26. The molecule has 1 aliphatic rings. The third-order valence-electron chi connectivity index (χ3n) is 4.21. The van der Waals surface area contributed by atoms with Gasteiger partial charge in [-0.3, -0.25) is 9.69 Å². The summed E-state index contributed by atoms with van der Waals surface area (Å²) in [7, 11) is 0. The summed E-state index contributed by atoms with van der Waals surface area (Å²) in [6.07, 6.45) is 0. The molecule has 0 saturated carbocycles. The van der Waals surface area contributed by atoms with Crippen molar-refractivity contribution < 1.29 is 18.8 Å². The first kappa shape index (κ1) is 18.5. The van der Waals surface area contributed by atoms with Gasteiger partial charge in [-0.2, -0.15) is 4.98 Å². The predicted molar refractivity (Wildman–Crippen MR) is 105 cm³/mol. The highest BCUT2D eigenvalue weighted by Gasteiger charge is 2.17. The number of ether oxygens (including phenoxy) is 2. The molecule has 0 atom stereocenters. The second kappa shape index (κ2) is 8.41. The fraction of sp³-hybridized carbons (Fsp3) is 0.316. The number of nitrogens with zero attached hydrogens (tertiary/aromatic N) is 3. The number of hydrogen-bond acceptors (Lipinski definition) is 8. The van der Waals surface area contributed by atoms with Crippen LogP contribution in [0.2, 0.25) is 0 Å². The number of rotatable bonds is 7. The zero-order valence-electron chi connectivity index (χ0n) is 15.4. The highest BCUT2D eigenvalue weighted by molar-refractivity contribution is 7.13. The maximum absolute atomic E-state index is 12.4. The Morgan fingerprint density at radius 1 is 1.25 bits per heavy atom. The Morgan fingerprint density at radius 3 is 2.89 bits per heavy atom. The van der Waals surface area contributed by atoms with E-state index in [-0.39, 0.29) is 12.5 Å². The molecule has 3 heterocycles. The molecule has 3 aromatic rings. The third-order valence-corrected chi connectivity index (χ3v) is 5.07. The number of fused-ring (bicyclic) bond motifs is 1. The van der Waals surface area contributed by atoms with Crippen LogP contribution in [-0.4, -0.2) is 47.3 Å². The smallest absolute Gasteiger partial charge is 0.241 e. The van der Waals surface area contributed by atoms with Crippen LogP contribution in [0.15, 0.2) is 40.2 Å². The van der Waals surface area contributed by atoms with E-state index in [1.807, 2.05) is 29.3 Å². The molecular formula is C19H20N4O4S. The molecule has 1 N–H and O–H groups in total. The van der Waals surface area contributed by atoms with Gasteiger partial charge < -0.3 is 19.3 Å². The summed E-state index contributed by atoms with van der Waals surface area (Å²) >= 11 is 1.55. The number of carbonyl (C=O) groups is 1. The number of hydrogen-bond donors (Lipinski definition) is 1. The van der Waals surface area contributed by atoms with Crippen molar-refractivity contribution >= 4 is 22.9 Å². The fourth-order valence-corrected chi connectivity index (χ4v) is 3.47. The first-order valence-corrected chi connectivity index (χ1v) is 9.87. The van der Waals surface area contributed by atoms with Gasteiger partial charge in [-0.25, -0.2) is 0 Å². The monoisotopic (exact) mass is 400 g/mol. The SMILES string of the molecule is CCN(CC(=O)Nc1ccc2c(c1)OCCO2)Cc1nc(-c2cccs2)no1. The highest BCUT2D eigenvalue weighted by Crippen LogP contribution is 2.32. The van der Waals surface area contributed by atoms with Gasteiger partial charge in [0.15, 0.2) is 11.5 Å². The largest absolute Gasteiger partial charge is 0.486 e. The van der Waals surface area contributed by atoms with Crippen molar-refractivity contribution in [2.75, 3.05) is 31.6 Å². The normalized spacial score (nSPS) is 12.9. The molecule has 9 heteroatoms. The van der Waals surface area contributed by atoms with Crippen LogP contribution in [0.25, 0.3) is 10.7 Å². The molecule has 0 radical (unpaired) electrons. The van der Waals surface area contributed by atoms with Crippen LogP contribution in [0.4, 0.5) is 5.69 Å². The van der Waals surface area contributed by atoms with Crippen LogP contribution in [0, 0.1) is 0 Å². The zero-order valence-corrected chi connectivity index (χ0v) is 16.2. The lowest BCUT2D eigenvalue weighted by Gasteiger charge is -2.20. The first-order valence-electron chi connectivity index (χ1n) is 8.99. The molecule has 1 aliphatic heterocycles. The van der Waals surface area contributed by atoms with Gasteiger partial charge in [0.25, 0.3) is 0 Å². The van der Waals surface area contributed by atoms with E-state index in [9.17, 15) is 4.79 Å². The lowest BCUT2D eigenvalue weighted by Crippen LogP contribution is -2.32. The van der Waals surface area contributed by atoms with E-state index < -0.39 is 0 Å². The number of benzene rings is 1. The summed E-state index contributed by atoms with van der Waals surface area (Å²) in [6.45, 7) is 4.31. The average molecular weight is 400 g/mol. The average Bonchev–Trinajstić information content (AvgIpc) is 3.39. The number of thiophene rings is 1. The number of amides is 1. The summed E-state index contributed by atoms with van der Waals surface area (Å²) < 4.78 is 16.4. The Morgan fingerprint density at radius 2 is 2.11 bits per heavy atom. The topological polar surface area (TPSA) is 89.7 Å². The predicted octanol–water partition coefficient (Wildman–Crippen LogP) is 3.03. The second-order valence-corrected chi connectivity index (χ2v) is 7.15. The minimum Gasteiger partial charge on any atom is -0.486 e. The van der Waals surface area contributed by atoms with Crippen LogP contribution >= 0.6 is 11.3 Å². The lowest BCUT2D eigenvalue weighted by atomic mass is 10.2. The van der Waals surface area contributed by atoms with Gasteiger partial charge in [0.1, 0.15) is 13.2 Å². The minimum atomic E-state index is -0.128. The maximum atomic E-state index is 12.4. The van der Waals surface area contributed by atoms with Crippen molar-refractivity contribution in [3.8, 4) is 22.2 Å². The highest BCUT2D eigenvalue weighted by atomic mass is 32.1. The fourth-order valence-electron chi connectivity index (χ4n) is 2.82. The Labute approximate surface area is 166 Å². The number of anilines is 1. The van der Waals surface area contributed by atoms with Crippen molar-refractivity contribution in [1.29, 1.82) is 0 Å². The third kappa shape index (κ3) is 4.32. The number of carbonyl (C=O) groups excluding carboxylic acids is 1. The summed E-state index contributed by atoms with van der Waals surface area (Å²) in [6, 6.07) is 9.25. The van der Waals surface area contributed by atoms with E-state index in [1.165, 1.54) is 0 Å². The molecule has 0 saturated heterocycles. The quantitative estimate of drug-likeness (QED) is 0.652. The molecule has 2 aromatic heterocycles. The molecular weight excluding hydrogens is 380 g/mol. The molecule has 0 fully saturated rings.